The maximum absolute atomic E-state index is 8.76. The molecule has 2 rings (SSSR count). The Balaban J connectivity index is 2.05. The van der Waals surface area contributed by atoms with Crippen LogP contribution in [0.3, 0.4) is 0 Å². The number of rotatable bonds is 5. The molecule has 0 bridgehead atoms. The number of nitrogens with zero attached hydrogens (tertiary/aromatic N) is 1. The number of benzene rings is 1. The van der Waals surface area contributed by atoms with Crippen molar-refractivity contribution < 1.29 is 9.84 Å². The van der Waals surface area contributed by atoms with Gasteiger partial charge in [-0.15, -0.1) is 0 Å². The predicted octanol–water partition coefficient (Wildman–Crippen LogP) is 1.60. The van der Waals surface area contributed by atoms with Crippen molar-refractivity contribution in [2.45, 2.75) is 18.9 Å². The first-order valence-electron chi connectivity index (χ1n) is 6.73. The molecule has 4 N–H and O–H groups in total. The molecule has 1 aromatic rings. The maximum Gasteiger partial charge on any atom is 0.124 e. The SMILES string of the molecule is N=C(N)c1cc(Cl)ccc1N1CCC(OCCO)CC1. The normalized spacial score (nSPS) is 16.4. The molecule has 0 amide bonds. The summed E-state index contributed by atoms with van der Waals surface area (Å²) in [6.45, 7) is 2.15. The van der Waals surface area contributed by atoms with Crippen LogP contribution in [0.4, 0.5) is 5.69 Å². The summed E-state index contributed by atoms with van der Waals surface area (Å²) in [6.07, 6.45) is 2.01. The van der Waals surface area contributed by atoms with Crippen LogP contribution in [0.5, 0.6) is 0 Å². The number of aliphatic hydroxyl groups excluding tert-OH is 1. The Labute approximate surface area is 123 Å². The topological polar surface area (TPSA) is 82.6 Å². The summed E-state index contributed by atoms with van der Waals surface area (Å²) in [5.41, 5.74) is 7.25. The molecule has 1 aromatic carbocycles. The van der Waals surface area contributed by atoms with E-state index in [0.717, 1.165) is 31.6 Å². The molecule has 0 atom stereocenters. The summed E-state index contributed by atoms with van der Waals surface area (Å²) in [5.74, 6) is 0.0288. The second-order valence-electron chi connectivity index (χ2n) is 4.86. The molecular weight excluding hydrogens is 278 g/mol. The third-order valence-electron chi connectivity index (χ3n) is 3.48. The lowest BCUT2D eigenvalue weighted by atomic mass is 10.0. The third kappa shape index (κ3) is 3.62. The van der Waals surface area contributed by atoms with Gasteiger partial charge in [-0.1, -0.05) is 11.6 Å². The van der Waals surface area contributed by atoms with Crippen molar-refractivity contribution in [3.05, 3.63) is 28.8 Å². The summed E-state index contributed by atoms with van der Waals surface area (Å²) < 4.78 is 5.55. The molecule has 0 saturated carbocycles. The number of amidine groups is 1. The number of hydrogen-bond donors (Lipinski definition) is 3. The highest BCUT2D eigenvalue weighted by molar-refractivity contribution is 6.31. The van der Waals surface area contributed by atoms with E-state index >= 15 is 0 Å². The van der Waals surface area contributed by atoms with Crippen LogP contribution in [-0.4, -0.2) is 43.3 Å². The monoisotopic (exact) mass is 297 g/mol. The standard InChI is InChI=1S/C14H20ClN3O2/c15-10-1-2-13(12(9-10)14(16)17)18-5-3-11(4-6-18)20-8-7-19/h1-2,9,11,19H,3-8H2,(H3,16,17). The van der Waals surface area contributed by atoms with Crippen LogP contribution in [0.15, 0.2) is 18.2 Å². The fourth-order valence-corrected chi connectivity index (χ4v) is 2.65. The van der Waals surface area contributed by atoms with Gasteiger partial charge in [-0.2, -0.15) is 0 Å². The summed E-state index contributed by atoms with van der Waals surface area (Å²) in [4.78, 5) is 2.20. The van der Waals surface area contributed by atoms with Crippen molar-refractivity contribution in [3.63, 3.8) is 0 Å². The quantitative estimate of drug-likeness (QED) is 0.569. The predicted molar refractivity (Wildman–Crippen MR) is 80.7 cm³/mol. The highest BCUT2D eigenvalue weighted by Gasteiger charge is 2.22. The van der Waals surface area contributed by atoms with E-state index in [1.165, 1.54) is 0 Å². The van der Waals surface area contributed by atoms with Gasteiger partial charge in [-0.25, -0.2) is 0 Å². The van der Waals surface area contributed by atoms with Crippen LogP contribution < -0.4 is 10.6 Å². The van der Waals surface area contributed by atoms with Crippen molar-refractivity contribution >= 4 is 23.1 Å². The number of halogens is 1. The van der Waals surface area contributed by atoms with Gasteiger partial charge in [-0.3, -0.25) is 5.41 Å². The Morgan fingerprint density at radius 3 is 2.75 bits per heavy atom. The highest BCUT2D eigenvalue weighted by Crippen LogP contribution is 2.27. The van der Waals surface area contributed by atoms with E-state index in [4.69, 9.17) is 32.6 Å². The minimum atomic E-state index is 0.0288. The molecule has 0 unspecified atom stereocenters. The second-order valence-corrected chi connectivity index (χ2v) is 5.29. The number of hydrogen-bond acceptors (Lipinski definition) is 4. The number of nitrogen functional groups attached to an aromatic ring is 1. The fraction of sp³-hybridized carbons (Fsp3) is 0.500. The molecule has 6 heteroatoms. The van der Waals surface area contributed by atoms with E-state index in [1.807, 2.05) is 12.1 Å². The average molecular weight is 298 g/mol. The fourth-order valence-electron chi connectivity index (χ4n) is 2.48. The average Bonchev–Trinajstić information content (AvgIpc) is 2.45. The lowest BCUT2D eigenvalue weighted by Crippen LogP contribution is -2.38. The van der Waals surface area contributed by atoms with Gasteiger partial charge in [0.15, 0.2) is 0 Å². The summed E-state index contributed by atoms with van der Waals surface area (Å²) in [7, 11) is 0. The van der Waals surface area contributed by atoms with Gasteiger partial charge < -0.3 is 20.5 Å². The van der Waals surface area contributed by atoms with Crippen LogP contribution in [0.1, 0.15) is 18.4 Å². The van der Waals surface area contributed by atoms with Crippen molar-refractivity contribution in [1.29, 1.82) is 5.41 Å². The van der Waals surface area contributed by atoms with Gasteiger partial charge in [0, 0.05) is 29.4 Å². The first-order valence-corrected chi connectivity index (χ1v) is 7.11. The van der Waals surface area contributed by atoms with E-state index in [1.54, 1.807) is 6.07 Å². The van der Waals surface area contributed by atoms with Crippen LogP contribution in [-0.2, 0) is 4.74 Å². The lowest BCUT2D eigenvalue weighted by Gasteiger charge is -2.34. The zero-order valence-electron chi connectivity index (χ0n) is 11.3. The van der Waals surface area contributed by atoms with Crippen molar-refractivity contribution in [3.8, 4) is 0 Å². The van der Waals surface area contributed by atoms with Crippen LogP contribution in [0, 0.1) is 5.41 Å². The molecular formula is C14H20ClN3O2. The number of piperidine rings is 1. The smallest absolute Gasteiger partial charge is 0.124 e. The number of nitrogens with two attached hydrogens (primary N) is 1. The Bertz CT molecular complexity index is 473. The summed E-state index contributed by atoms with van der Waals surface area (Å²) in [6, 6.07) is 5.46. The summed E-state index contributed by atoms with van der Waals surface area (Å²) >= 11 is 5.97. The van der Waals surface area contributed by atoms with E-state index in [9.17, 15) is 0 Å². The van der Waals surface area contributed by atoms with Gasteiger partial charge in [0.05, 0.1) is 19.3 Å². The molecule has 0 spiro atoms. The second kappa shape index (κ2) is 6.92. The Morgan fingerprint density at radius 1 is 1.45 bits per heavy atom. The zero-order chi connectivity index (χ0) is 14.5. The first kappa shape index (κ1) is 15.1. The van der Waals surface area contributed by atoms with E-state index in [-0.39, 0.29) is 18.5 Å². The largest absolute Gasteiger partial charge is 0.394 e. The first-order chi connectivity index (χ1) is 9.61. The molecule has 1 aliphatic heterocycles. The number of aliphatic hydroxyl groups is 1. The molecule has 0 aliphatic carbocycles. The summed E-state index contributed by atoms with van der Waals surface area (Å²) in [5, 5.41) is 17.0. The lowest BCUT2D eigenvalue weighted by molar-refractivity contribution is 0.0159. The minimum Gasteiger partial charge on any atom is -0.394 e. The van der Waals surface area contributed by atoms with E-state index in [2.05, 4.69) is 4.90 Å². The maximum atomic E-state index is 8.76. The molecule has 1 fully saturated rings. The van der Waals surface area contributed by atoms with Gasteiger partial charge in [0.2, 0.25) is 0 Å². The van der Waals surface area contributed by atoms with Crippen molar-refractivity contribution in [2.24, 2.45) is 5.73 Å². The molecule has 0 radical (unpaired) electrons. The van der Waals surface area contributed by atoms with Crippen LogP contribution >= 0.6 is 11.6 Å². The minimum absolute atomic E-state index is 0.0288. The third-order valence-corrected chi connectivity index (χ3v) is 3.71. The Kier molecular flexibility index (Phi) is 5.23. The molecule has 5 nitrogen and oxygen atoms in total. The van der Waals surface area contributed by atoms with Gasteiger partial charge in [0.1, 0.15) is 5.84 Å². The van der Waals surface area contributed by atoms with Gasteiger partial charge >= 0.3 is 0 Å². The van der Waals surface area contributed by atoms with E-state index in [0.29, 0.717) is 17.2 Å². The van der Waals surface area contributed by atoms with Gasteiger partial charge in [0.25, 0.3) is 0 Å². The molecule has 1 aliphatic rings. The molecule has 20 heavy (non-hydrogen) atoms. The Morgan fingerprint density at radius 2 is 2.15 bits per heavy atom. The molecule has 110 valence electrons. The number of anilines is 1. The molecule has 1 heterocycles. The van der Waals surface area contributed by atoms with Crippen molar-refractivity contribution in [2.75, 3.05) is 31.2 Å². The van der Waals surface area contributed by atoms with Crippen molar-refractivity contribution in [1.82, 2.24) is 0 Å². The molecule has 0 aromatic heterocycles. The zero-order valence-corrected chi connectivity index (χ0v) is 12.1. The number of nitrogens with one attached hydrogen (secondary N) is 1. The number of ether oxygens (including phenoxy) is 1. The molecule has 1 saturated heterocycles. The van der Waals surface area contributed by atoms with E-state index < -0.39 is 0 Å². The Hall–Kier alpha value is -1.30. The van der Waals surface area contributed by atoms with Crippen LogP contribution in [0.25, 0.3) is 0 Å². The van der Waals surface area contributed by atoms with Crippen LogP contribution in [0.2, 0.25) is 5.02 Å². The van der Waals surface area contributed by atoms with Gasteiger partial charge in [-0.05, 0) is 31.0 Å². The highest BCUT2D eigenvalue weighted by atomic mass is 35.5.